The van der Waals surface area contributed by atoms with Gasteiger partial charge in [0.2, 0.25) is 0 Å². The Morgan fingerprint density at radius 3 is 2.80 bits per heavy atom. The number of rotatable bonds is 4. The van der Waals surface area contributed by atoms with Gasteiger partial charge in [-0.25, -0.2) is 0 Å². The first-order chi connectivity index (χ1) is 7.19. The van der Waals surface area contributed by atoms with Gasteiger partial charge in [0.1, 0.15) is 0 Å². The molecule has 0 aliphatic carbocycles. The van der Waals surface area contributed by atoms with Gasteiger partial charge in [-0.1, -0.05) is 6.92 Å². The van der Waals surface area contributed by atoms with Crippen molar-refractivity contribution in [1.29, 1.82) is 0 Å². The van der Waals surface area contributed by atoms with E-state index < -0.39 is 0 Å². The van der Waals surface area contributed by atoms with E-state index in [2.05, 4.69) is 35.4 Å². The second-order valence-electron chi connectivity index (χ2n) is 3.58. The van der Waals surface area contributed by atoms with Crippen molar-refractivity contribution in [2.45, 2.75) is 33.2 Å². The monoisotopic (exact) mass is 205 g/mol. The Morgan fingerprint density at radius 2 is 2.33 bits per heavy atom. The summed E-state index contributed by atoms with van der Waals surface area (Å²) in [5, 5.41) is 7.78. The van der Waals surface area contributed by atoms with E-state index >= 15 is 0 Å². The third kappa shape index (κ3) is 3.10. The largest absolute Gasteiger partial charge is 0.309 e. The lowest BCUT2D eigenvalue weighted by Crippen LogP contribution is -2.20. The second kappa shape index (κ2) is 5.57. The minimum absolute atomic E-state index is 0.302. The molecule has 1 rings (SSSR count). The summed E-state index contributed by atoms with van der Waals surface area (Å²) in [5.41, 5.74) is 2.34. The van der Waals surface area contributed by atoms with Gasteiger partial charge in [-0.3, -0.25) is 4.68 Å². The van der Waals surface area contributed by atoms with E-state index in [-0.39, 0.29) is 0 Å². The van der Waals surface area contributed by atoms with E-state index in [0.29, 0.717) is 6.04 Å². The van der Waals surface area contributed by atoms with Gasteiger partial charge in [0.15, 0.2) is 0 Å². The number of hydrogen-bond acceptors (Lipinski definition) is 2. The maximum absolute atomic E-state index is 4.35. The first-order valence-electron chi connectivity index (χ1n) is 5.32. The molecule has 15 heavy (non-hydrogen) atoms. The van der Waals surface area contributed by atoms with Gasteiger partial charge in [-0.05, 0) is 20.4 Å². The summed E-state index contributed by atoms with van der Waals surface area (Å²) in [6, 6.07) is 0.302. The molecule has 0 amide bonds. The fraction of sp³-hybridized carbons (Fsp3) is 0.583. The molecule has 0 saturated heterocycles. The van der Waals surface area contributed by atoms with E-state index in [0.717, 1.165) is 18.7 Å². The quantitative estimate of drug-likeness (QED) is 0.759. The molecule has 1 atom stereocenters. The summed E-state index contributed by atoms with van der Waals surface area (Å²) >= 11 is 0. The van der Waals surface area contributed by atoms with E-state index in [1.165, 1.54) is 5.56 Å². The van der Waals surface area contributed by atoms with Crippen molar-refractivity contribution in [2.75, 3.05) is 6.54 Å². The van der Waals surface area contributed by atoms with Crippen molar-refractivity contribution in [3.8, 4) is 11.8 Å². The smallest absolute Gasteiger partial charge is 0.0641 e. The van der Waals surface area contributed by atoms with Crippen molar-refractivity contribution in [3.05, 3.63) is 17.5 Å². The van der Waals surface area contributed by atoms with Gasteiger partial charge in [-0.2, -0.15) is 5.10 Å². The van der Waals surface area contributed by atoms with Crippen LogP contribution in [0.5, 0.6) is 0 Å². The van der Waals surface area contributed by atoms with Crippen LogP contribution in [0.3, 0.4) is 0 Å². The van der Waals surface area contributed by atoms with Crippen molar-refractivity contribution in [1.82, 2.24) is 15.1 Å². The normalized spacial score (nSPS) is 12.0. The highest BCUT2D eigenvalue weighted by Crippen LogP contribution is 2.18. The average Bonchev–Trinajstić information content (AvgIpc) is 2.52. The first kappa shape index (κ1) is 11.8. The molecule has 1 unspecified atom stereocenters. The van der Waals surface area contributed by atoms with E-state index in [9.17, 15) is 0 Å². The van der Waals surface area contributed by atoms with Gasteiger partial charge >= 0.3 is 0 Å². The first-order valence-corrected chi connectivity index (χ1v) is 5.32. The Kier molecular flexibility index (Phi) is 4.38. The molecule has 1 aromatic heterocycles. The molecule has 0 bridgehead atoms. The number of aryl methyl sites for hydroxylation is 2. The van der Waals surface area contributed by atoms with Crippen molar-refractivity contribution in [3.63, 3.8) is 0 Å². The molecule has 1 aromatic rings. The highest BCUT2D eigenvalue weighted by Gasteiger charge is 2.13. The fourth-order valence-electron chi connectivity index (χ4n) is 1.70. The van der Waals surface area contributed by atoms with Gasteiger partial charge in [0.25, 0.3) is 0 Å². The standard InChI is InChI=1S/C12H19N3/c1-5-7-8-12(13-6-2)11-9-15(4)14-10(11)3/h9,12-13H,6,8H2,1-4H3. The lowest BCUT2D eigenvalue weighted by molar-refractivity contribution is 0.562. The van der Waals surface area contributed by atoms with Gasteiger partial charge < -0.3 is 5.32 Å². The fourth-order valence-corrected chi connectivity index (χ4v) is 1.70. The van der Waals surface area contributed by atoms with Crippen molar-refractivity contribution < 1.29 is 0 Å². The second-order valence-corrected chi connectivity index (χ2v) is 3.58. The lowest BCUT2D eigenvalue weighted by atomic mass is 10.1. The molecule has 0 aliphatic heterocycles. The van der Waals surface area contributed by atoms with Gasteiger partial charge in [0.05, 0.1) is 5.69 Å². The molecular weight excluding hydrogens is 186 g/mol. The third-order valence-electron chi connectivity index (χ3n) is 2.36. The van der Waals surface area contributed by atoms with E-state index in [1.54, 1.807) is 0 Å². The van der Waals surface area contributed by atoms with Crippen LogP contribution >= 0.6 is 0 Å². The lowest BCUT2D eigenvalue weighted by Gasteiger charge is -2.14. The van der Waals surface area contributed by atoms with Crippen molar-refractivity contribution in [2.24, 2.45) is 7.05 Å². The van der Waals surface area contributed by atoms with Crippen LogP contribution in [0.4, 0.5) is 0 Å². The van der Waals surface area contributed by atoms with Crippen LogP contribution in [0.15, 0.2) is 6.20 Å². The molecule has 0 saturated carbocycles. The SMILES string of the molecule is CC#CCC(NCC)c1cn(C)nc1C. The minimum Gasteiger partial charge on any atom is -0.309 e. The van der Waals surface area contributed by atoms with Crippen LogP contribution in [0.1, 0.15) is 37.6 Å². The number of aromatic nitrogens is 2. The van der Waals surface area contributed by atoms with Crippen LogP contribution < -0.4 is 5.32 Å². The molecule has 82 valence electrons. The molecule has 0 radical (unpaired) electrons. The van der Waals surface area contributed by atoms with Crippen LogP contribution in [-0.4, -0.2) is 16.3 Å². The van der Waals surface area contributed by atoms with Gasteiger partial charge in [-0.15, -0.1) is 11.8 Å². The summed E-state index contributed by atoms with van der Waals surface area (Å²) < 4.78 is 1.86. The zero-order valence-electron chi connectivity index (χ0n) is 9.96. The maximum atomic E-state index is 4.35. The Balaban J connectivity index is 2.85. The Labute approximate surface area is 91.9 Å². The molecule has 3 heteroatoms. The molecule has 0 aliphatic rings. The zero-order valence-corrected chi connectivity index (χ0v) is 9.96. The average molecular weight is 205 g/mol. The highest BCUT2D eigenvalue weighted by atomic mass is 15.3. The third-order valence-corrected chi connectivity index (χ3v) is 2.36. The van der Waals surface area contributed by atoms with Crippen LogP contribution in [-0.2, 0) is 7.05 Å². The van der Waals surface area contributed by atoms with Crippen LogP contribution in [0.25, 0.3) is 0 Å². The minimum atomic E-state index is 0.302. The van der Waals surface area contributed by atoms with Gasteiger partial charge in [0, 0.05) is 31.3 Å². The Hall–Kier alpha value is -1.27. The summed E-state index contributed by atoms with van der Waals surface area (Å²) in [6.45, 7) is 6.97. The van der Waals surface area contributed by atoms with Crippen molar-refractivity contribution >= 4 is 0 Å². The molecule has 1 heterocycles. The van der Waals surface area contributed by atoms with E-state index in [4.69, 9.17) is 0 Å². The Morgan fingerprint density at radius 1 is 1.60 bits per heavy atom. The number of nitrogens with zero attached hydrogens (tertiary/aromatic N) is 2. The predicted octanol–water partition coefficient (Wildman–Crippen LogP) is 1.79. The summed E-state index contributed by atoms with van der Waals surface area (Å²) in [4.78, 5) is 0. The molecular formula is C12H19N3. The van der Waals surface area contributed by atoms with E-state index in [1.807, 2.05) is 25.6 Å². The molecule has 0 fully saturated rings. The summed E-state index contributed by atoms with van der Waals surface area (Å²) in [6.07, 6.45) is 2.91. The topological polar surface area (TPSA) is 29.9 Å². The molecule has 3 nitrogen and oxygen atoms in total. The number of nitrogens with one attached hydrogen (secondary N) is 1. The van der Waals surface area contributed by atoms with Crippen LogP contribution in [0, 0.1) is 18.8 Å². The summed E-state index contributed by atoms with van der Waals surface area (Å²) in [7, 11) is 1.95. The number of hydrogen-bond donors (Lipinski definition) is 1. The maximum Gasteiger partial charge on any atom is 0.0641 e. The molecule has 1 N–H and O–H groups in total. The predicted molar refractivity (Wildman–Crippen MR) is 62.4 cm³/mol. The zero-order chi connectivity index (χ0) is 11.3. The Bertz CT molecular complexity index is 368. The van der Waals surface area contributed by atoms with Crippen LogP contribution in [0.2, 0.25) is 0 Å². The molecule has 0 spiro atoms. The highest BCUT2D eigenvalue weighted by molar-refractivity contribution is 5.22. The summed E-state index contributed by atoms with van der Waals surface area (Å²) in [5.74, 6) is 6.05. The molecule has 0 aromatic carbocycles.